The van der Waals surface area contributed by atoms with Crippen molar-refractivity contribution in [3.8, 4) is 0 Å². The molecular formula is C17H22O4. The number of esters is 1. The number of fused-ring (bicyclic) bond motifs is 1. The van der Waals surface area contributed by atoms with Crippen molar-refractivity contribution in [1.29, 1.82) is 0 Å². The van der Waals surface area contributed by atoms with Crippen LogP contribution in [0.2, 0.25) is 0 Å². The molecule has 1 aromatic carbocycles. The predicted octanol–water partition coefficient (Wildman–Crippen LogP) is 2.76. The molecule has 0 spiro atoms. The Balaban J connectivity index is 2.30. The molecule has 2 rings (SSSR count). The van der Waals surface area contributed by atoms with Crippen molar-refractivity contribution in [2.75, 3.05) is 6.61 Å². The van der Waals surface area contributed by atoms with E-state index in [1.54, 1.807) is 13.8 Å². The Hall–Kier alpha value is -1.84. The van der Waals surface area contributed by atoms with E-state index < -0.39 is 17.4 Å². The topological polar surface area (TPSA) is 63.6 Å². The van der Waals surface area contributed by atoms with E-state index in [9.17, 15) is 14.7 Å². The summed E-state index contributed by atoms with van der Waals surface area (Å²) in [6.07, 6.45) is 3.68. The monoisotopic (exact) mass is 290 g/mol. The van der Waals surface area contributed by atoms with E-state index in [-0.39, 0.29) is 19.4 Å². The number of aryl methyl sites for hydroxylation is 2. The third kappa shape index (κ3) is 2.94. The molecule has 1 aliphatic rings. The molecule has 0 heterocycles. The Morgan fingerprint density at radius 1 is 1.24 bits per heavy atom. The van der Waals surface area contributed by atoms with E-state index in [1.807, 2.05) is 6.07 Å². The van der Waals surface area contributed by atoms with Crippen molar-refractivity contribution >= 4 is 11.9 Å². The maximum absolute atomic E-state index is 12.2. The highest BCUT2D eigenvalue weighted by molar-refractivity contribution is 5.99. The first kappa shape index (κ1) is 15.5. The Labute approximate surface area is 125 Å². The molecule has 1 aromatic rings. The first-order valence-electron chi connectivity index (χ1n) is 7.54. The van der Waals surface area contributed by atoms with Crippen LogP contribution in [-0.4, -0.2) is 23.7 Å². The number of hydrogen-bond acceptors (Lipinski definition) is 3. The van der Waals surface area contributed by atoms with E-state index >= 15 is 0 Å². The van der Waals surface area contributed by atoms with Crippen LogP contribution in [0.4, 0.5) is 0 Å². The average Bonchev–Trinajstić information content (AvgIpc) is 2.92. The Bertz CT molecular complexity index is 550. The van der Waals surface area contributed by atoms with Gasteiger partial charge in [-0.3, -0.25) is 9.59 Å². The molecule has 0 saturated carbocycles. The quantitative estimate of drug-likeness (QED) is 0.646. The SMILES string of the molecule is CCOC(=O)C(CC)(Cc1ccc2c(c1)CCC2)C(=O)O. The number of aliphatic carboxylic acids is 1. The minimum atomic E-state index is -1.48. The van der Waals surface area contributed by atoms with Gasteiger partial charge in [0.25, 0.3) is 0 Å². The highest BCUT2D eigenvalue weighted by atomic mass is 16.5. The first-order valence-corrected chi connectivity index (χ1v) is 7.54. The number of carboxylic acids is 1. The number of hydrogen-bond donors (Lipinski definition) is 1. The van der Waals surface area contributed by atoms with Crippen molar-refractivity contribution in [2.45, 2.75) is 46.0 Å². The molecule has 1 N–H and O–H groups in total. The van der Waals surface area contributed by atoms with Crippen LogP contribution in [0.25, 0.3) is 0 Å². The zero-order valence-corrected chi connectivity index (χ0v) is 12.6. The minimum Gasteiger partial charge on any atom is -0.480 e. The van der Waals surface area contributed by atoms with Crippen LogP contribution in [0.5, 0.6) is 0 Å². The molecule has 0 radical (unpaired) electrons. The van der Waals surface area contributed by atoms with Gasteiger partial charge < -0.3 is 9.84 Å². The van der Waals surface area contributed by atoms with Gasteiger partial charge in [-0.05, 0) is 55.7 Å². The number of carbonyl (C=O) groups excluding carboxylic acids is 1. The summed E-state index contributed by atoms with van der Waals surface area (Å²) in [5.74, 6) is -1.75. The van der Waals surface area contributed by atoms with Crippen molar-refractivity contribution in [2.24, 2.45) is 5.41 Å². The molecule has 0 aliphatic heterocycles. The fourth-order valence-corrected chi connectivity index (χ4v) is 3.01. The minimum absolute atomic E-state index is 0.185. The summed E-state index contributed by atoms with van der Waals surface area (Å²) in [7, 11) is 0. The third-order valence-electron chi connectivity index (χ3n) is 4.35. The molecule has 1 aliphatic carbocycles. The molecule has 0 amide bonds. The molecule has 0 bridgehead atoms. The molecule has 4 heteroatoms. The van der Waals surface area contributed by atoms with E-state index in [0.29, 0.717) is 0 Å². The second-order valence-corrected chi connectivity index (χ2v) is 5.59. The van der Waals surface area contributed by atoms with Gasteiger partial charge in [-0.25, -0.2) is 0 Å². The van der Waals surface area contributed by atoms with Gasteiger partial charge in [0.05, 0.1) is 6.61 Å². The lowest BCUT2D eigenvalue weighted by Gasteiger charge is -2.26. The molecule has 114 valence electrons. The molecular weight excluding hydrogens is 268 g/mol. The summed E-state index contributed by atoms with van der Waals surface area (Å²) in [6.45, 7) is 3.60. The summed E-state index contributed by atoms with van der Waals surface area (Å²) < 4.78 is 5.00. The number of benzene rings is 1. The van der Waals surface area contributed by atoms with Crippen LogP contribution >= 0.6 is 0 Å². The van der Waals surface area contributed by atoms with Gasteiger partial charge in [-0.2, -0.15) is 0 Å². The second-order valence-electron chi connectivity index (χ2n) is 5.59. The van der Waals surface area contributed by atoms with Crippen LogP contribution in [0.1, 0.15) is 43.4 Å². The normalized spacial score (nSPS) is 16.1. The molecule has 1 atom stereocenters. The smallest absolute Gasteiger partial charge is 0.323 e. The van der Waals surface area contributed by atoms with Gasteiger partial charge in [-0.1, -0.05) is 25.1 Å². The Morgan fingerprint density at radius 3 is 2.57 bits per heavy atom. The number of rotatable bonds is 6. The summed E-state index contributed by atoms with van der Waals surface area (Å²) >= 11 is 0. The van der Waals surface area contributed by atoms with E-state index in [1.165, 1.54) is 11.1 Å². The van der Waals surface area contributed by atoms with Crippen LogP contribution in [0.3, 0.4) is 0 Å². The number of carbonyl (C=O) groups is 2. The lowest BCUT2D eigenvalue weighted by molar-refractivity contribution is -0.168. The van der Waals surface area contributed by atoms with Gasteiger partial charge in [0, 0.05) is 0 Å². The summed E-state index contributed by atoms with van der Waals surface area (Å²) in [5, 5.41) is 9.57. The van der Waals surface area contributed by atoms with Crippen LogP contribution in [-0.2, 0) is 33.6 Å². The van der Waals surface area contributed by atoms with Gasteiger partial charge >= 0.3 is 11.9 Å². The lowest BCUT2D eigenvalue weighted by Crippen LogP contribution is -2.42. The molecule has 0 aromatic heterocycles. The fourth-order valence-electron chi connectivity index (χ4n) is 3.01. The summed E-state index contributed by atoms with van der Waals surface area (Å²) in [5.41, 5.74) is 2.04. The van der Waals surface area contributed by atoms with Crippen molar-refractivity contribution in [1.82, 2.24) is 0 Å². The van der Waals surface area contributed by atoms with Crippen LogP contribution in [0.15, 0.2) is 18.2 Å². The lowest BCUT2D eigenvalue weighted by atomic mass is 9.79. The largest absolute Gasteiger partial charge is 0.480 e. The van der Waals surface area contributed by atoms with Gasteiger partial charge in [0.1, 0.15) is 0 Å². The van der Waals surface area contributed by atoms with Crippen LogP contribution < -0.4 is 0 Å². The first-order chi connectivity index (χ1) is 10.0. The number of ether oxygens (including phenoxy) is 1. The zero-order valence-electron chi connectivity index (χ0n) is 12.6. The van der Waals surface area contributed by atoms with Crippen LogP contribution in [0, 0.1) is 5.41 Å². The fraction of sp³-hybridized carbons (Fsp3) is 0.529. The summed E-state index contributed by atoms with van der Waals surface area (Å²) in [4.78, 5) is 23.9. The zero-order chi connectivity index (χ0) is 15.5. The number of carboxylic acid groups (broad SMARTS) is 1. The average molecular weight is 290 g/mol. The van der Waals surface area contributed by atoms with E-state index in [0.717, 1.165) is 24.8 Å². The van der Waals surface area contributed by atoms with E-state index in [2.05, 4.69) is 12.1 Å². The van der Waals surface area contributed by atoms with E-state index in [4.69, 9.17) is 4.74 Å². The maximum Gasteiger partial charge on any atom is 0.323 e. The standard InChI is InChI=1S/C17H22O4/c1-3-17(15(18)19,16(20)21-4-2)11-12-8-9-13-6-5-7-14(13)10-12/h8-10H,3-7,11H2,1-2H3,(H,18,19). The van der Waals surface area contributed by atoms with Gasteiger partial charge in [-0.15, -0.1) is 0 Å². The molecule has 1 unspecified atom stereocenters. The second kappa shape index (κ2) is 6.29. The maximum atomic E-state index is 12.2. The molecule has 4 nitrogen and oxygen atoms in total. The predicted molar refractivity (Wildman–Crippen MR) is 79.2 cm³/mol. The van der Waals surface area contributed by atoms with Crippen molar-refractivity contribution < 1.29 is 19.4 Å². The van der Waals surface area contributed by atoms with Gasteiger partial charge in [0.2, 0.25) is 0 Å². The van der Waals surface area contributed by atoms with Crippen molar-refractivity contribution in [3.05, 3.63) is 34.9 Å². The molecule has 21 heavy (non-hydrogen) atoms. The molecule has 0 fully saturated rings. The van der Waals surface area contributed by atoms with Gasteiger partial charge in [0.15, 0.2) is 5.41 Å². The highest BCUT2D eigenvalue weighted by Gasteiger charge is 2.46. The highest BCUT2D eigenvalue weighted by Crippen LogP contribution is 2.32. The summed E-state index contributed by atoms with van der Waals surface area (Å²) in [6, 6.07) is 6.05. The third-order valence-corrected chi connectivity index (χ3v) is 4.35. The Morgan fingerprint density at radius 2 is 1.95 bits per heavy atom. The Kier molecular flexibility index (Phi) is 4.66. The van der Waals surface area contributed by atoms with Crippen molar-refractivity contribution in [3.63, 3.8) is 0 Å². The molecule has 0 saturated heterocycles.